The van der Waals surface area contributed by atoms with Gasteiger partial charge in [-0.05, 0) is 67.1 Å². The second kappa shape index (κ2) is 12.0. The van der Waals surface area contributed by atoms with Crippen LogP contribution in [0.3, 0.4) is 0 Å². The Morgan fingerprint density at radius 1 is 1.05 bits per heavy atom. The van der Waals surface area contributed by atoms with Crippen LogP contribution in [0.15, 0.2) is 60.7 Å². The lowest BCUT2D eigenvalue weighted by Gasteiger charge is -2.41. The van der Waals surface area contributed by atoms with Crippen LogP contribution in [0.2, 0.25) is 0 Å². The number of rotatable bonds is 6. The first-order valence-corrected chi connectivity index (χ1v) is 12.5. The molecule has 38 heavy (non-hydrogen) atoms. The topological polar surface area (TPSA) is 83.4 Å². The summed E-state index contributed by atoms with van der Waals surface area (Å²) in [4.78, 5) is 12.8. The molecule has 0 atom stereocenters. The van der Waals surface area contributed by atoms with Crippen LogP contribution in [-0.2, 0) is 13.0 Å². The van der Waals surface area contributed by atoms with Crippen molar-refractivity contribution in [2.45, 2.75) is 25.8 Å². The molecule has 5 rings (SSSR count). The maximum Gasteiger partial charge on any atom is 0.323 e. The van der Waals surface area contributed by atoms with Gasteiger partial charge in [0, 0.05) is 17.3 Å². The van der Waals surface area contributed by atoms with E-state index in [1.54, 1.807) is 24.3 Å². The first kappa shape index (κ1) is 27.7. The zero-order chi connectivity index (χ0) is 25.8. The molecule has 1 fully saturated rings. The standard InChI is InChI=1S/C29H29FN4O3.HI/c1-34(11-9-21(10-12-34)13-20-5-7-24(30)8-6-20)18-23-15-27-28(37-19-36-27)16-26(23)33-29(35)32-25-4-2-3-22(14-25)17-31;/h2-8,14-16,21H,9-13,18-19H2,1H3,(H-,32,33,35);1H. The Kier molecular flexibility index (Phi) is 8.74. The third-order valence-electron chi connectivity index (χ3n) is 7.24. The molecule has 2 aliphatic rings. The minimum atomic E-state index is -0.393. The molecule has 2 amide bonds. The summed E-state index contributed by atoms with van der Waals surface area (Å²) in [6.07, 6.45) is 3.12. The maximum absolute atomic E-state index is 13.2. The van der Waals surface area contributed by atoms with Crippen molar-refractivity contribution < 1.29 is 47.1 Å². The third-order valence-corrected chi connectivity index (χ3v) is 7.24. The van der Waals surface area contributed by atoms with E-state index in [0.29, 0.717) is 34.4 Å². The predicted octanol–water partition coefficient (Wildman–Crippen LogP) is 2.67. The summed E-state index contributed by atoms with van der Waals surface area (Å²) in [6.45, 7) is 2.90. The molecule has 2 N–H and O–H groups in total. The number of piperidine rings is 1. The molecule has 2 aliphatic heterocycles. The van der Waals surface area contributed by atoms with Gasteiger partial charge in [-0.3, -0.25) is 0 Å². The molecule has 2 heterocycles. The Labute approximate surface area is 239 Å². The van der Waals surface area contributed by atoms with Gasteiger partial charge in [0.2, 0.25) is 6.79 Å². The zero-order valence-electron chi connectivity index (χ0n) is 21.2. The minimum Gasteiger partial charge on any atom is -1.00 e. The molecule has 198 valence electrons. The molecule has 0 aliphatic carbocycles. The largest absolute Gasteiger partial charge is 1.00 e. The lowest BCUT2D eigenvalue weighted by molar-refractivity contribution is -0.928. The van der Waals surface area contributed by atoms with E-state index in [4.69, 9.17) is 14.7 Å². The second-order valence-electron chi connectivity index (χ2n) is 10.1. The third kappa shape index (κ3) is 6.74. The number of amides is 2. The minimum absolute atomic E-state index is 0. The van der Waals surface area contributed by atoms with Gasteiger partial charge in [-0.2, -0.15) is 5.26 Å². The van der Waals surface area contributed by atoms with Crippen molar-refractivity contribution in [2.24, 2.45) is 5.92 Å². The van der Waals surface area contributed by atoms with E-state index in [9.17, 15) is 9.18 Å². The van der Waals surface area contributed by atoms with Crippen molar-refractivity contribution in [3.63, 3.8) is 0 Å². The van der Waals surface area contributed by atoms with Gasteiger partial charge >= 0.3 is 6.03 Å². The number of hydrogen-bond acceptors (Lipinski definition) is 4. The van der Waals surface area contributed by atoms with E-state index in [2.05, 4.69) is 23.8 Å². The van der Waals surface area contributed by atoms with Crippen LogP contribution >= 0.6 is 0 Å². The number of hydrogen-bond donors (Lipinski definition) is 2. The number of likely N-dealkylation sites (tertiary alicyclic amines) is 1. The van der Waals surface area contributed by atoms with E-state index in [1.807, 2.05) is 24.3 Å². The van der Waals surface area contributed by atoms with Gasteiger partial charge in [0.1, 0.15) is 12.4 Å². The Morgan fingerprint density at radius 2 is 1.76 bits per heavy atom. The fourth-order valence-corrected chi connectivity index (χ4v) is 5.15. The SMILES string of the molecule is C[N+]1(Cc2cc3c(cc2NC(=O)Nc2cccc(C#N)c2)OCO3)CCC(Cc2ccc(F)cc2)CC1.[I-]. The van der Waals surface area contributed by atoms with Crippen molar-refractivity contribution >= 4 is 17.4 Å². The molecular weight excluding hydrogens is 598 g/mol. The molecule has 3 aromatic rings. The Balaban J connectivity index is 0.00000336. The average Bonchev–Trinajstić information content (AvgIpc) is 3.34. The molecule has 0 saturated carbocycles. The monoisotopic (exact) mass is 628 g/mol. The fraction of sp³-hybridized carbons (Fsp3) is 0.310. The highest BCUT2D eigenvalue weighted by atomic mass is 127. The summed E-state index contributed by atoms with van der Waals surface area (Å²) in [5, 5.41) is 14.9. The van der Waals surface area contributed by atoms with Gasteiger partial charge in [0.25, 0.3) is 0 Å². The Hall–Kier alpha value is -3.36. The number of urea groups is 1. The molecule has 3 aromatic carbocycles. The van der Waals surface area contributed by atoms with E-state index in [1.165, 1.54) is 17.7 Å². The van der Waals surface area contributed by atoms with E-state index >= 15 is 0 Å². The number of nitriles is 1. The van der Waals surface area contributed by atoms with Crippen LogP contribution in [-0.4, -0.2) is 37.4 Å². The highest BCUT2D eigenvalue weighted by molar-refractivity contribution is 6.00. The van der Waals surface area contributed by atoms with Crippen LogP contribution in [0.4, 0.5) is 20.6 Å². The molecule has 1 saturated heterocycles. The number of nitrogens with zero attached hydrogens (tertiary/aromatic N) is 2. The molecule has 0 aromatic heterocycles. The number of carbonyl (C=O) groups is 1. The predicted molar refractivity (Wildman–Crippen MR) is 139 cm³/mol. The van der Waals surface area contributed by atoms with E-state index < -0.39 is 6.03 Å². The van der Waals surface area contributed by atoms with Crippen molar-refractivity contribution in [1.82, 2.24) is 0 Å². The van der Waals surface area contributed by atoms with Crippen molar-refractivity contribution in [3.05, 3.63) is 83.2 Å². The number of halogens is 2. The molecule has 0 spiro atoms. The molecular formula is C29H30FIN4O3. The molecule has 0 radical (unpaired) electrons. The highest BCUT2D eigenvalue weighted by Gasteiger charge is 2.32. The lowest BCUT2D eigenvalue weighted by Crippen LogP contribution is -3.00. The van der Waals surface area contributed by atoms with Crippen LogP contribution in [0.1, 0.15) is 29.5 Å². The number of ether oxygens (including phenoxy) is 2. The first-order chi connectivity index (χ1) is 17.9. The van der Waals surface area contributed by atoms with Crippen molar-refractivity contribution in [2.75, 3.05) is 37.6 Å². The number of quaternary nitrogens is 1. The van der Waals surface area contributed by atoms with Crippen LogP contribution < -0.4 is 44.1 Å². The number of nitrogens with one attached hydrogen (secondary N) is 2. The first-order valence-electron chi connectivity index (χ1n) is 12.5. The summed E-state index contributed by atoms with van der Waals surface area (Å²) in [5.74, 6) is 1.65. The summed E-state index contributed by atoms with van der Waals surface area (Å²) in [5.41, 5.74) is 3.84. The number of carbonyl (C=O) groups excluding carboxylic acids is 1. The normalized spacial score (nSPS) is 19.7. The summed E-state index contributed by atoms with van der Waals surface area (Å²) in [7, 11) is 2.25. The lowest BCUT2D eigenvalue weighted by atomic mass is 9.89. The number of benzene rings is 3. The molecule has 0 bridgehead atoms. The Bertz CT molecular complexity index is 1330. The van der Waals surface area contributed by atoms with Gasteiger partial charge in [-0.25, -0.2) is 9.18 Å². The molecule has 7 nitrogen and oxygen atoms in total. The van der Waals surface area contributed by atoms with Gasteiger partial charge in [-0.1, -0.05) is 18.2 Å². The quantitative estimate of drug-likeness (QED) is 0.325. The summed E-state index contributed by atoms with van der Waals surface area (Å²) < 4.78 is 25.3. The smallest absolute Gasteiger partial charge is 0.323 e. The van der Waals surface area contributed by atoms with Crippen LogP contribution in [0.5, 0.6) is 11.5 Å². The van der Waals surface area contributed by atoms with Crippen molar-refractivity contribution in [1.29, 1.82) is 5.26 Å². The number of anilines is 2. The van der Waals surface area contributed by atoms with Crippen molar-refractivity contribution in [3.8, 4) is 17.6 Å². The maximum atomic E-state index is 13.2. The Morgan fingerprint density at radius 3 is 2.47 bits per heavy atom. The molecule has 9 heteroatoms. The molecule has 0 unspecified atom stereocenters. The summed E-state index contributed by atoms with van der Waals surface area (Å²) in [6, 6.07) is 19.1. The number of fused-ring (bicyclic) bond motifs is 1. The fourth-order valence-electron chi connectivity index (χ4n) is 5.15. The van der Waals surface area contributed by atoms with E-state index in [-0.39, 0.29) is 36.6 Å². The van der Waals surface area contributed by atoms with Gasteiger partial charge < -0.3 is 48.6 Å². The zero-order valence-corrected chi connectivity index (χ0v) is 23.3. The van der Waals surface area contributed by atoms with Gasteiger partial charge in [0.15, 0.2) is 11.5 Å². The second-order valence-corrected chi connectivity index (χ2v) is 10.1. The highest BCUT2D eigenvalue weighted by Crippen LogP contribution is 2.39. The van der Waals surface area contributed by atoms with Crippen LogP contribution in [0.25, 0.3) is 0 Å². The van der Waals surface area contributed by atoms with E-state index in [0.717, 1.165) is 48.9 Å². The van der Waals surface area contributed by atoms with Crippen LogP contribution in [0, 0.1) is 23.1 Å². The van der Waals surface area contributed by atoms with Gasteiger partial charge in [-0.15, -0.1) is 0 Å². The summed E-state index contributed by atoms with van der Waals surface area (Å²) >= 11 is 0. The van der Waals surface area contributed by atoms with Gasteiger partial charge in [0.05, 0.1) is 37.5 Å². The average molecular weight is 628 g/mol.